The highest BCUT2D eigenvalue weighted by Crippen LogP contribution is 2.19. The minimum atomic E-state index is -0.324. The summed E-state index contributed by atoms with van der Waals surface area (Å²) < 4.78 is 5.62. The number of ether oxygens (including phenoxy) is 1. The Morgan fingerprint density at radius 2 is 1.76 bits per heavy atom. The van der Waals surface area contributed by atoms with E-state index in [4.69, 9.17) is 4.74 Å². The quantitative estimate of drug-likeness (QED) is 0.863. The first kappa shape index (κ1) is 18.7. The molecular weight excluding hydrogens is 316 g/mol. The second-order valence-electron chi connectivity index (χ2n) is 7.24. The van der Waals surface area contributed by atoms with E-state index in [1.54, 1.807) is 6.07 Å². The van der Waals surface area contributed by atoms with E-state index in [0.29, 0.717) is 11.6 Å². The van der Waals surface area contributed by atoms with Crippen molar-refractivity contribution in [1.29, 1.82) is 0 Å². The molecule has 2 rings (SSSR count). The second-order valence-corrected chi connectivity index (χ2v) is 7.24. The van der Waals surface area contributed by atoms with Gasteiger partial charge in [-0.05, 0) is 71.9 Å². The molecule has 0 unspecified atom stereocenters. The van der Waals surface area contributed by atoms with Gasteiger partial charge in [-0.25, -0.2) is 9.97 Å². The van der Waals surface area contributed by atoms with Crippen molar-refractivity contribution in [2.24, 2.45) is 0 Å². The van der Waals surface area contributed by atoms with Gasteiger partial charge in [-0.1, -0.05) is 0 Å². The number of benzene rings is 1. The molecule has 0 aliphatic heterocycles. The molecule has 0 spiro atoms. The number of carbonyl (C=O) groups is 1. The number of nitrogens with one attached hydrogen (secondary N) is 2. The molecular formula is C19H26N4O2. The first-order valence-corrected chi connectivity index (χ1v) is 8.34. The fourth-order valence-corrected chi connectivity index (χ4v) is 2.16. The van der Waals surface area contributed by atoms with Crippen molar-refractivity contribution in [1.82, 2.24) is 15.3 Å². The Morgan fingerprint density at radius 1 is 1.12 bits per heavy atom. The average molecular weight is 342 g/mol. The summed E-state index contributed by atoms with van der Waals surface area (Å²) in [6.07, 6.45) is 0.128. The molecule has 0 aliphatic rings. The van der Waals surface area contributed by atoms with Gasteiger partial charge in [-0.2, -0.15) is 0 Å². The smallest absolute Gasteiger partial charge is 0.270 e. The largest absolute Gasteiger partial charge is 0.491 e. The van der Waals surface area contributed by atoms with Gasteiger partial charge in [0.1, 0.15) is 11.4 Å². The summed E-state index contributed by atoms with van der Waals surface area (Å²) in [5.41, 5.74) is 1.56. The molecule has 134 valence electrons. The number of aryl methyl sites for hydroxylation is 1. The Kier molecular flexibility index (Phi) is 5.62. The lowest BCUT2D eigenvalue weighted by molar-refractivity contribution is 0.0914. The van der Waals surface area contributed by atoms with Crippen LogP contribution < -0.4 is 15.4 Å². The third-order valence-corrected chi connectivity index (χ3v) is 3.06. The third kappa shape index (κ3) is 6.06. The van der Waals surface area contributed by atoms with Crippen LogP contribution in [0.25, 0.3) is 0 Å². The molecule has 1 aromatic heterocycles. The van der Waals surface area contributed by atoms with Crippen LogP contribution in [0, 0.1) is 6.92 Å². The molecule has 1 aromatic carbocycles. The molecule has 2 aromatic rings. The predicted molar refractivity (Wildman–Crippen MR) is 99.5 cm³/mol. The van der Waals surface area contributed by atoms with Gasteiger partial charge in [0.2, 0.25) is 5.95 Å². The zero-order valence-electron chi connectivity index (χ0n) is 15.7. The van der Waals surface area contributed by atoms with Crippen molar-refractivity contribution in [2.75, 3.05) is 5.32 Å². The minimum Gasteiger partial charge on any atom is -0.491 e. The maximum Gasteiger partial charge on any atom is 0.270 e. The third-order valence-electron chi connectivity index (χ3n) is 3.06. The molecule has 0 fully saturated rings. The van der Waals surface area contributed by atoms with E-state index >= 15 is 0 Å². The monoisotopic (exact) mass is 342 g/mol. The number of anilines is 2. The topological polar surface area (TPSA) is 76.1 Å². The van der Waals surface area contributed by atoms with E-state index in [9.17, 15) is 4.79 Å². The number of carbonyl (C=O) groups excluding carboxylic acids is 1. The Hall–Kier alpha value is -2.63. The van der Waals surface area contributed by atoms with E-state index in [0.717, 1.165) is 17.1 Å². The van der Waals surface area contributed by atoms with E-state index < -0.39 is 0 Å². The van der Waals surface area contributed by atoms with Crippen molar-refractivity contribution in [3.05, 3.63) is 41.7 Å². The van der Waals surface area contributed by atoms with Crippen LogP contribution in [0.1, 0.15) is 50.8 Å². The van der Waals surface area contributed by atoms with Crippen molar-refractivity contribution >= 4 is 17.5 Å². The summed E-state index contributed by atoms with van der Waals surface area (Å²) >= 11 is 0. The van der Waals surface area contributed by atoms with Gasteiger partial charge in [0.15, 0.2) is 0 Å². The van der Waals surface area contributed by atoms with Crippen LogP contribution in [0.2, 0.25) is 0 Å². The number of rotatable bonds is 5. The summed E-state index contributed by atoms with van der Waals surface area (Å²) in [4.78, 5) is 21.0. The van der Waals surface area contributed by atoms with Crippen LogP contribution in [0.3, 0.4) is 0 Å². The highest BCUT2D eigenvalue weighted by atomic mass is 16.5. The van der Waals surface area contributed by atoms with Crippen LogP contribution in [-0.2, 0) is 0 Å². The summed E-state index contributed by atoms with van der Waals surface area (Å²) in [5.74, 6) is 0.967. The lowest BCUT2D eigenvalue weighted by atomic mass is 10.1. The van der Waals surface area contributed by atoms with Gasteiger partial charge in [0.25, 0.3) is 5.91 Å². The molecule has 0 atom stereocenters. The lowest BCUT2D eigenvalue weighted by Crippen LogP contribution is -2.41. The number of hydrogen-bond acceptors (Lipinski definition) is 5. The van der Waals surface area contributed by atoms with Crippen molar-refractivity contribution in [3.8, 4) is 5.75 Å². The Balaban J connectivity index is 2.15. The summed E-state index contributed by atoms with van der Waals surface area (Å²) in [7, 11) is 0. The molecule has 0 radical (unpaired) electrons. The fourth-order valence-electron chi connectivity index (χ4n) is 2.16. The minimum absolute atomic E-state index is 0.128. The molecule has 0 saturated carbocycles. The SMILES string of the molecule is Cc1cc(C(=O)NC(C)(C)C)nc(Nc2ccc(OC(C)C)cc2)n1. The summed E-state index contributed by atoms with van der Waals surface area (Å²) in [6, 6.07) is 9.21. The number of amides is 1. The molecule has 6 heteroatoms. The Morgan fingerprint density at radius 3 is 2.32 bits per heavy atom. The number of nitrogens with zero attached hydrogens (tertiary/aromatic N) is 2. The lowest BCUT2D eigenvalue weighted by Gasteiger charge is -2.20. The van der Waals surface area contributed by atoms with Crippen LogP contribution >= 0.6 is 0 Å². The summed E-state index contributed by atoms with van der Waals surface area (Å²) in [6.45, 7) is 11.6. The maximum atomic E-state index is 12.3. The van der Waals surface area contributed by atoms with Crippen molar-refractivity contribution in [3.63, 3.8) is 0 Å². The van der Waals surface area contributed by atoms with Gasteiger partial charge in [-0.15, -0.1) is 0 Å². The van der Waals surface area contributed by atoms with Gasteiger partial charge >= 0.3 is 0 Å². The molecule has 6 nitrogen and oxygen atoms in total. The van der Waals surface area contributed by atoms with Crippen LogP contribution in [0.4, 0.5) is 11.6 Å². The standard InChI is InChI=1S/C19H26N4O2/c1-12(2)25-15-9-7-14(8-10-15)21-18-20-13(3)11-16(22-18)17(24)23-19(4,5)6/h7-12H,1-6H3,(H,23,24)(H,20,21,22). The number of hydrogen-bond donors (Lipinski definition) is 2. The summed E-state index contributed by atoms with van der Waals surface area (Å²) in [5, 5.41) is 6.03. The Labute approximate surface area is 149 Å². The predicted octanol–water partition coefficient (Wildman–Crippen LogP) is 3.84. The van der Waals surface area contributed by atoms with Crippen LogP contribution in [-0.4, -0.2) is 27.5 Å². The molecule has 1 amide bonds. The number of aromatic nitrogens is 2. The molecule has 2 N–H and O–H groups in total. The van der Waals surface area contributed by atoms with Gasteiger partial charge in [0, 0.05) is 16.9 Å². The maximum absolute atomic E-state index is 12.3. The van der Waals surface area contributed by atoms with Gasteiger partial charge in [-0.3, -0.25) is 4.79 Å². The zero-order valence-corrected chi connectivity index (χ0v) is 15.7. The first-order valence-electron chi connectivity index (χ1n) is 8.34. The van der Waals surface area contributed by atoms with E-state index in [1.165, 1.54) is 0 Å². The fraction of sp³-hybridized carbons (Fsp3) is 0.421. The van der Waals surface area contributed by atoms with Gasteiger partial charge < -0.3 is 15.4 Å². The average Bonchev–Trinajstić information content (AvgIpc) is 2.46. The molecule has 1 heterocycles. The highest BCUT2D eigenvalue weighted by molar-refractivity contribution is 5.93. The molecule has 0 saturated heterocycles. The van der Waals surface area contributed by atoms with E-state index in [2.05, 4.69) is 20.6 Å². The Bertz CT molecular complexity index is 734. The van der Waals surface area contributed by atoms with Crippen molar-refractivity contribution < 1.29 is 9.53 Å². The molecule has 25 heavy (non-hydrogen) atoms. The molecule has 0 aliphatic carbocycles. The van der Waals surface area contributed by atoms with E-state index in [-0.39, 0.29) is 17.6 Å². The van der Waals surface area contributed by atoms with Crippen LogP contribution in [0.5, 0.6) is 5.75 Å². The van der Waals surface area contributed by atoms with E-state index in [1.807, 2.05) is 65.8 Å². The highest BCUT2D eigenvalue weighted by Gasteiger charge is 2.17. The van der Waals surface area contributed by atoms with Crippen molar-refractivity contribution in [2.45, 2.75) is 53.2 Å². The molecule has 0 bridgehead atoms. The zero-order chi connectivity index (χ0) is 18.6. The second kappa shape index (κ2) is 7.51. The van der Waals surface area contributed by atoms with Gasteiger partial charge in [0.05, 0.1) is 6.10 Å². The first-order chi connectivity index (χ1) is 11.6. The van der Waals surface area contributed by atoms with Crippen LogP contribution in [0.15, 0.2) is 30.3 Å². The normalized spacial score (nSPS) is 11.3.